The van der Waals surface area contributed by atoms with Crippen LogP contribution in [0.15, 0.2) is 109 Å². The molecule has 0 aromatic carbocycles. The summed E-state index contributed by atoms with van der Waals surface area (Å²) in [5, 5.41) is 0. The van der Waals surface area contributed by atoms with E-state index in [1.165, 1.54) is 199 Å². The predicted octanol–water partition coefficient (Wildman–Crippen LogP) is 24.6. The van der Waals surface area contributed by atoms with E-state index in [0.29, 0.717) is 12.8 Å². The standard InChI is InChI=1S/C77H132O6/c1-4-7-10-13-16-19-22-25-28-30-32-34-35-36-37-38-39-40-41-43-44-46-49-52-55-58-61-64-67-70-76(79)82-73-74(72-81-75(78)69-66-63-60-57-54-51-48-27-24-21-18-15-12-9-6-3)83-77(80)71-68-65-62-59-56-53-50-47-45-42-33-31-29-26-23-20-17-14-11-8-5-2/h8-9,11-12,17-18,20-21,26-27,29,33,42,48,54,57,63,66,74H,4-7,10,13-16,19,22-25,28,30-32,34-41,43-47,49-53,55-56,58-62,64-65,67-73H2,1-3H3/b11-8-,12-9-,20-17-,21-18-,29-26-,42-33-,48-27-,57-54-,66-63-. The van der Waals surface area contributed by atoms with Crippen molar-refractivity contribution in [3.63, 3.8) is 0 Å². The van der Waals surface area contributed by atoms with Gasteiger partial charge in [0.05, 0.1) is 6.42 Å². The Morgan fingerprint density at radius 3 is 0.843 bits per heavy atom. The van der Waals surface area contributed by atoms with Crippen molar-refractivity contribution < 1.29 is 28.6 Å². The summed E-state index contributed by atoms with van der Waals surface area (Å²) >= 11 is 0. The van der Waals surface area contributed by atoms with Crippen molar-refractivity contribution in [2.75, 3.05) is 13.2 Å². The molecule has 0 aliphatic carbocycles. The van der Waals surface area contributed by atoms with Crippen LogP contribution < -0.4 is 0 Å². The van der Waals surface area contributed by atoms with Crippen LogP contribution in [0.25, 0.3) is 0 Å². The summed E-state index contributed by atoms with van der Waals surface area (Å²) in [4.78, 5) is 38.4. The van der Waals surface area contributed by atoms with Crippen LogP contribution in [-0.2, 0) is 28.6 Å². The first-order chi connectivity index (χ1) is 41.0. The van der Waals surface area contributed by atoms with Gasteiger partial charge in [-0.25, -0.2) is 0 Å². The van der Waals surface area contributed by atoms with Gasteiger partial charge in [0.25, 0.3) is 0 Å². The van der Waals surface area contributed by atoms with Crippen molar-refractivity contribution in [1.29, 1.82) is 0 Å². The molecular formula is C77H132O6. The Labute approximate surface area is 514 Å². The fourth-order valence-electron chi connectivity index (χ4n) is 10.1. The van der Waals surface area contributed by atoms with Crippen molar-refractivity contribution in [2.45, 2.75) is 348 Å². The molecule has 0 radical (unpaired) electrons. The Balaban J connectivity index is 4.32. The molecule has 6 heteroatoms. The first kappa shape index (κ1) is 79.1. The van der Waals surface area contributed by atoms with E-state index in [2.05, 4.69) is 118 Å². The summed E-state index contributed by atoms with van der Waals surface area (Å²) in [5.74, 6) is -1.04. The Morgan fingerprint density at radius 1 is 0.265 bits per heavy atom. The quantitative estimate of drug-likeness (QED) is 0.0261. The maximum absolute atomic E-state index is 12.9. The Hall–Kier alpha value is -3.93. The molecule has 0 aromatic rings. The van der Waals surface area contributed by atoms with Gasteiger partial charge in [0.2, 0.25) is 0 Å². The molecule has 83 heavy (non-hydrogen) atoms. The zero-order chi connectivity index (χ0) is 59.9. The summed E-state index contributed by atoms with van der Waals surface area (Å²) in [6, 6.07) is 0. The summed E-state index contributed by atoms with van der Waals surface area (Å²) in [7, 11) is 0. The van der Waals surface area contributed by atoms with Crippen LogP contribution in [0.5, 0.6) is 0 Å². The van der Waals surface area contributed by atoms with E-state index in [0.717, 1.165) is 103 Å². The number of carbonyl (C=O) groups is 3. The van der Waals surface area contributed by atoms with Gasteiger partial charge < -0.3 is 14.2 Å². The van der Waals surface area contributed by atoms with E-state index in [-0.39, 0.29) is 31.6 Å². The molecule has 476 valence electrons. The summed E-state index contributed by atoms with van der Waals surface area (Å²) in [6.45, 7) is 6.36. The van der Waals surface area contributed by atoms with Gasteiger partial charge in [0.15, 0.2) is 6.10 Å². The maximum atomic E-state index is 12.9. The van der Waals surface area contributed by atoms with Gasteiger partial charge in [0.1, 0.15) is 13.2 Å². The lowest BCUT2D eigenvalue weighted by Gasteiger charge is -2.18. The van der Waals surface area contributed by atoms with Crippen molar-refractivity contribution in [3.8, 4) is 0 Å². The molecule has 0 rings (SSSR count). The Kier molecular flexibility index (Phi) is 67.2. The molecular weight excluding hydrogens is 1020 g/mol. The molecule has 0 saturated heterocycles. The molecule has 0 heterocycles. The number of ether oxygens (including phenoxy) is 3. The van der Waals surface area contributed by atoms with E-state index in [4.69, 9.17) is 14.2 Å². The highest BCUT2D eigenvalue weighted by atomic mass is 16.6. The highest BCUT2D eigenvalue weighted by Crippen LogP contribution is 2.18. The number of unbranched alkanes of at least 4 members (excludes halogenated alkanes) is 36. The lowest BCUT2D eigenvalue weighted by atomic mass is 10.0. The van der Waals surface area contributed by atoms with Gasteiger partial charge in [-0.3, -0.25) is 14.4 Å². The molecule has 0 fully saturated rings. The number of rotatable bonds is 64. The average Bonchev–Trinajstić information content (AvgIpc) is 3.49. The second-order valence-corrected chi connectivity index (χ2v) is 23.4. The van der Waals surface area contributed by atoms with Gasteiger partial charge in [-0.1, -0.05) is 348 Å². The Bertz CT molecular complexity index is 1660. The largest absolute Gasteiger partial charge is 0.462 e. The molecule has 0 saturated carbocycles. The van der Waals surface area contributed by atoms with Crippen LogP contribution in [0.2, 0.25) is 0 Å². The van der Waals surface area contributed by atoms with Crippen LogP contribution in [0.4, 0.5) is 0 Å². The highest BCUT2D eigenvalue weighted by Gasteiger charge is 2.19. The average molecular weight is 1150 g/mol. The van der Waals surface area contributed by atoms with Crippen molar-refractivity contribution in [3.05, 3.63) is 109 Å². The highest BCUT2D eigenvalue weighted by molar-refractivity contribution is 5.72. The zero-order valence-electron chi connectivity index (χ0n) is 54.7. The molecule has 6 nitrogen and oxygen atoms in total. The molecule has 0 bridgehead atoms. The molecule has 1 unspecified atom stereocenters. The predicted molar refractivity (Wildman–Crippen MR) is 362 cm³/mol. The van der Waals surface area contributed by atoms with Crippen LogP contribution in [-0.4, -0.2) is 37.2 Å². The number of carbonyl (C=O) groups excluding carboxylic acids is 3. The van der Waals surface area contributed by atoms with Crippen LogP contribution in [0.1, 0.15) is 342 Å². The minimum absolute atomic E-state index is 0.110. The van der Waals surface area contributed by atoms with Crippen LogP contribution >= 0.6 is 0 Å². The van der Waals surface area contributed by atoms with E-state index in [1.807, 2.05) is 6.08 Å². The summed E-state index contributed by atoms with van der Waals surface area (Å²) < 4.78 is 16.9. The molecule has 0 amide bonds. The molecule has 1 atom stereocenters. The van der Waals surface area contributed by atoms with Gasteiger partial charge in [-0.05, 0) is 83.5 Å². The monoisotopic (exact) mass is 1150 g/mol. The van der Waals surface area contributed by atoms with E-state index in [9.17, 15) is 14.4 Å². The minimum atomic E-state index is -0.825. The molecule has 0 aliphatic rings. The maximum Gasteiger partial charge on any atom is 0.309 e. The third kappa shape index (κ3) is 68.7. The zero-order valence-corrected chi connectivity index (χ0v) is 54.7. The van der Waals surface area contributed by atoms with Gasteiger partial charge in [-0.15, -0.1) is 0 Å². The first-order valence-corrected chi connectivity index (χ1v) is 35.4. The molecule has 0 spiro atoms. The van der Waals surface area contributed by atoms with Crippen LogP contribution in [0.3, 0.4) is 0 Å². The molecule has 0 aromatic heterocycles. The van der Waals surface area contributed by atoms with Crippen molar-refractivity contribution in [1.82, 2.24) is 0 Å². The van der Waals surface area contributed by atoms with Gasteiger partial charge in [0, 0.05) is 12.8 Å². The number of esters is 3. The first-order valence-electron chi connectivity index (χ1n) is 35.4. The van der Waals surface area contributed by atoms with E-state index >= 15 is 0 Å². The van der Waals surface area contributed by atoms with E-state index < -0.39 is 12.1 Å². The Morgan fingerprint density at radius 2 is 0.518 bits per heavy atom. The van der Waals surface area contributed by atoms with Gasteiger partial charge in [-0.2, -0.15) is 0 Å². The number of hydrogen-bond acceptors (Lipinski definition) is 6. The second-order valence-electron chi connectivity index (χ2n) is 23.4. The van der Waals surface area contributed by atoms with E-state index in [1.54, 1.807) is 6.08 Å². The topological polar surface area (TPSA) is 78.9 Å². The van der Waals surface area contributed by atoms with Crippen LogP contribution in [0, 0.1) is 0 Å². The third-order valence-electron chi connectivity index (χ3n) is 15.3. The molecule has 0 aliphatic heterocycles. The van der Waals surface area contributed by atoms with Gasteiger partial charge >= 0.3 is 17.9 Å². The smallest absolute Gasteiger partial charge is 0.309 e. The second kappa shape index (κ2) is 70.6. The summed E-state index contributed by atoms with van der Waals surface area (Å²) in [5.41, 5.74) is 0. The number of allylic oxidation sites excluding steroid dienone is 17. The fourth-order valence-corrected chi connectivity index (χ4v) is 10.1. The number of hydrogen-bond donors (Lipinski definition) is 0. The van der Waals surface area contributed by atoms with Crippen molar-refractivity contribution in [2.24, 2.45) is 0 Å². The van der Waals surface area contributed by atoms with Crippen molar-refractivity contribution >= 4 is 17.9 Å². The normalized spacial score (nSPS) is 12.8. The summed E-state index contributed by atoms with van der Waals surface area (Å²) in [6.07, 6.45) is 97.3. The molecule has 0 N–H and O–H groups in total. The SMILES string of the molecule is CC/C=C\C/C=C\C/C=C\C/C=C\C/C=C\CC(=O)OCC(COC(=O)CCCCCCCCCCCCCCCCCCCCCCCCCCCCCCC)OC(=O)CCCCCCCCCC/C=C\C/C=C\C/C=C\C/C=C\CC. The minimum Gasteiger partial charge on any atom is -0.462 e. The lowest BCUT2D eigenvalue weighted by molar-refractivity contribution is -0.166. The lowest BCUT2D eigenvalue weighted by Crippen LogP contribution is -2.30. The third-order valence-corrected chi connectivity index (χ3v) is 15.3. The fraction of sp³-hybridized carbons (Fsp3) is 0.727.